The van der Waals surface area contributed by atoms with E-state index in [-0.39, 0.29) is 5.92 Å². The first-order chi connectivity index (χ1) is 8.68. The van der Waals surface area contributed by atoms with Crippen LogP contribution < -0.4 is 5.32 Å². The quantitative estimate of drug-likeness (QED) is 0.809. The third-order valence-electron chi connectivity index (χ3n) is 4.98. The summed E-state index contributed by atoms with van der Waals surface area (Å²) in [6.07, 6.45) is 9.54. The Labute approximate surface area is 110 Å². The van der Waals surface area contributed by atoms with Gasteiger partial charge in [0, 0.05) is 6.04 Å². The predicted molar refractivity (Wildman–Crippen MR) is 72.5 cm³/mol. The average Bonchev–Trinajstić information content (AvgIpc) is 2.38. The number of hydrogen-bond donors (Lipinski definition) is 2. The van der Waals surface area contributed by atoms with Gasteiger partial charge in [-0.2, -0.15) is 0 Å². The Morgan fingerprint density at radius 2 is 1.78 bits per heavy atom. The van der Waals surface area contributed by atoms with Gasteiger partial charge in [0.15, 0.2) is 0 Å². The highest BCUT2D eigenvalue weighted by Crippen LogP contribution is 2.31. The Bertz CT molecular complexity index is 280. The molecule has 4 unspecified atom stereocenters. The lowest BCUT2D eigenvalue weighted by Crippen LogP contribution is -2.42. The van der Waals surface area contributed by atoms with E-state index in [0.29, 0.717) is 12.0 Å². The largest absolute Gasteiger partial charge is 0.481 e. The molecule has 4 atom stereocenters. The normalized spacial score (nSPS) is 37.4. The number of rotatable bonds is 4. The minimum atomic E-state index is -0.585. The standard InChI is InChI=1S/C15H27NO2/c1-11-6-2-5-9-14(11)16-10-12-7-3-4-8-13(12)15(17)18/h11-14,16H,2-10H2,1H3,(H,17,18). The van der Waals surface area contributed by atoms with E-state index >= 15 is 0 Å². The van der Waals surface area contributed by atoms with Crippen molar-refractivity contribution in [1.82, 2.24) is 5.32 Å². The third kappa shape index (κ3) is 3.47. The van der Waals surface area contributed by atoms with Gasteiger partial charge in [-0.05, 0) is 44.1 Å². The van der Waals surface area contributed by atoms with Crippen molar-refractivity contribution in [2.45, 2.75) is 64.3 Å². The topological polar surface area (TPSA) is 49.3 Å². The zero-order chi connectivity index (χ0) is 13.0. The van der Waals surface area contributed by atoms with Crippen molar-refractivity contribution in [3.05, 3.63) is 0 Å². The molecule has 18 heavy (non-hydrogen) atoms. The minimum absolute atomic E-state index is 0.106. The molecule has 0 aromatic heterocycles. The molecule has 0 heterocycles. The number of carboxylic acids is 1. The summed E-state index contributed by atoms with van der Waals surface area (Å²) in [5.74, 6) is 0.416. The van der Waals surface area contributed by atoms with Crippen LogP contribution in [0.2, 0.25) is 0 Å². The third-order valence-corrected chi connectivity index (χ3v) is 4.98. The molecule has 2 aliphatic rings. The molecule has 2 rings (SSSR count). The first-order valence-electron chi connectivity index (χ1n) is 7.64. The summed E-state index contributed by atoms with van der Waals surface area (Å²) in [5.41, 5.74) is 0. The highest BCUT2D eigenvalue weighted by Gasteiger charge is 2.31. The molecule has 3 nitrogen and oxygen atoms in total. The first-order valence-corrected chi connectivity index (χ1v) is 7.64. The maximum absolute atomic E-state index is 11.3. The summed E-state index contributed by atoms with van der Waals surface area (Å²) in [7, 11) is 0. The monoisotopic (exact) mass is 253 g/mol. The van der Waals surface area contributed by atoms with Gasteiger partial charge < -0.3 is 10.4 Å². The fraction of sp³-hybridized carbons (Fsp3) is 0.933. The van der Waals surface area contributed by atoms with Gasteiger partial charge in [0.1, 0.15) is 0 Å². The molecule has 3 heteroatoms. The van der Waals surface area contributed by atoms with Crippen molar-refractivity contribution in [1.29, 1.82) is 0 Å². The second-order valence-electron chi connectivity index (χ2n) is 6.27. The molecule has 104 valence electrons. The van der Waals surface area contributed by atoms with E-state index in [1.807, 2.05) is 0 Å². The highest BCUT2D eigenvalue weighted by atomic mass is 16.4. The molecular weight excluding hydrogens is 226 g/mol. The molecule has 0 aromatic carbocycles. The van der Waals surface area contributed by atoms with Gasteiger partial charge in [-0.1, -0.05) is 32.6 Å². The summed E-state index contributed by atoms with van der Waals surface area (Å²) in [5, 5.41) is 12.9. The van der Waals surface area contributed by atoms with E-state index in [1.54, 1.807) is 0 Å². The summed E-state index contributed by atoms with van der Waals surface area (Å²) in [4.78, 5) is 11.3. The first kappa shape index (κ1) is 13.9. The van der Waals surface area contributed by atoms with Crippen molar-refractivity contribution in [2.75, 3.05) is 6.54 Å². The van der Waals surface area contributed by atoms with Gasteiger partial charge in [0.05, 0.1) is 5.92 Å². The Balaban J connectivity index is 1.81. The van der Waals surface area contributed by atoms with Gasteiger partial charge in [-0.3, -0.25) is 4.79 Å². The molecule has 2 N–H and O–H groups in total. The predicted octanol–water partition coefficient (Wildman–Crippen LogP) is 3.05. The second kappa shape index (κ2) is 6.55. The molecule has 0 spiro atoms. The maximum atomic E-state index is 11.3. The van der Waals surface area contributed by atoms with Gasteiger partial charge in [-0.15, -0.1) is 0 Å². The van der Waals surface area contributed by atoms with E-state index in [9.17, 15) is 9.90 Å². The second-order valence-corrected chi connectivity index (χ2v) is 6.27. The molecule has 2 saturated carbocycles. The molecule has 0 aromatic rings. The SMILES string of the molecule is CC1CCCCC1NCC1CCCCC1C(=O)O. The van der Waals surface area contributed by atoms with Crippen molar-refractivity contribution in [2.24, 2.45) is 17.8 Å². The van der Waals surface area contributed by atoms with Crippen LogP contribution in [0.3, 0.4) is 0 Å². The summed E-state index contributed by atoms with van der Waals surface area (Å²) < 4.78 is 0. The molecule has 0 saturated heterocycles. The summed E-state index contributed by atoms with van der Waals surface area (Å²) >= 11 is 0. The van der Waals surface area contributed by atoms with E-state index < -0.39 is 5.97 Å². The number of hydrogen-bond acceptors (Lipinski definition) is 2. The number of aliphatic carboxylic acids is 1. The molecule has 0 bridgehead atoms. The van der Waals surface area contributed by atoms with Crippen LogP contribution in [0.4, 0.5) is 0 Å². The van der Waals surface area contributed by atoms with Crippen LogP contribution in [-0.2, 0) is 4.79 Å². The van der Waals surface area contributed by atoms with Crippen LogP contribution in [-0.4, -0.2) is 23.7 Å². The van der Waals surface area contributed by atoms with Crippen LogP contribution in [0.15, 0.2) is 0 Å². The lowest BCUT2D eigenvalue weighted by molar-refractivity contribution is -0.144. The Morgan fingerprint density at radius 1 is 1.11 bits per heavy atom. The fourth-order valence-corrected chi connectivity index (χ4v) is 3.70. The lowest BCUT2D eigenvalue weighted by Gasteiger charge is -2.34. The molecule has 0 amide bonds. The van der Waals surface area contributed by atoms with Crippen LogP contribution in [0.5, 0.6) is 0 Å². The van der Waals surface area contributed by atoms with Gasteiger partial charge in [-0.25, -0.2) is 0 Å². The van der Waals surface area contributed by atoms with Crippen molar-refractivity contribution in [3.63, 3.8) is 0 Å². The van der Waals surface area contributed by atoms with E-state index in [0.717, 1.165) is 31.7 Å². The van der Waals surface area contributed by atoms with Crippen LogP contribution in [0.1, 0.15) is 58.3 Å². The zero-order valence-electron chi connectivity index (χ0n) is 11.5. The van der Waals surface area contributed by atoms with Crippen LogP contribution in [0.25, 0.3) is 0 Å². The fourth-order valence-electron chi connectivity index (χ4n) is 3.70. The van der Waals surface area contributed by atoms with Crippen molar-refractivity contribution >= 4 is 5.97 Å². The molecular formula is C15H27NO2. The lowest BCUT2D eigenvalue weighted by atomic mass is 9.78. The van der Waals surface area contributed by atoms with Gasteiger partial charge in [0.25, 0.3) is 0 Å². The summed E-state index contributed by atoms with van der Waals surface area (Å²) in [6.45, 7) is 3.23. The number of carboxylic acid groups (broad SMARTS) is 1. The molecule has 2 aliphatic carbocycles. The maximum Gasteiger partial charge on any atom is 0.306 e. The van der Waals surface area contributed by atoms with E-state index in [2.05, 4.69) is 12.2 Å². The van der Waals surface area contributed by atoms with Crippen LogP contribution >= 0.6 is 0 Å². The van der Waals surface area contributed by atoms with E-state index in [4.69, 9.17) is 0 Å². The average molecular weight is 253 g/mol. The molecule has 0 radical (unpaired) electrons. The number of carbonyl (C=O) groups is 1. The van der Waals surface area contributed by atoms with Crippen LogP contribution in [0, 0.1) is 17.8 Å². The smallest absolute Gasteiger partial charge is 0.306 e. The Kier molecular flexibility index (Phi) is 5.04. The Hall–Kier alpha value is -0.570. The summed E-state index contributed by atoms with van der Waals surface area (Å²) in [6, 6.07) is 0.620. The van der Waals surface area contributed by atoms with Gasteiger partial charge >= 0.3 is 5.97 Å². The molecule has 0 aliphatic heterocycles. The minimum Gasteiger partial charge on any atom is -0.481 e. The van der Waals surface area contributed by atoms with Crippen molar-refractivity contribution in [3.8, 4) is 0 Å². The van der Waals surface area contributed by atoms with E-state index in [1.165, 1.54) is 32.1 Å². The highest BCUT2D eigenvalue weighted by molar-refractivity contribution is 5.70. The van der Waals surface area contributed by atoms with Crippen molar-refractivity contribution < 1.29 is 9.90 Å². The van der Waals surface area contributed by atoms with Gasteiger partial charge in [0.2, 0.25) is 0 Å². The zero-order valence-corrected chi connectivity index (χ0v) is 11.5. The Morgan fingerprint density at radius 3 is 2.50 bits per heavy atom. The molecule has 2 fully saturated rings. The number of nitrogens with one attached hydrogen (secondary N) is 1.